The van der Waals surface area contributed by atoms with Crippen LogP contribution in [0.4, 0.5) is 5.69 Å². The van der Waals surface area contributed by atoms with Crippen LogP contribution < -0.4 is 14.8 Å². The zero-order valence-electron chi connectivity index (χ0n) is 16.8. The summed E-state index contributed by atoms with van der Waals surface area (Å²) in [7, 11) is 1.60. The van der Waals surface area contributed by atoms with Gasteiger partial charge in [-0.15, -0.1) is 0 Å². The predicted molar refractivity (Wildman–Crippen MR) is 130 cm³/mol. The fourth-order valence-electron chi connectivity index (χ4n) is 3.42. The van der Waals surface area contributed by atoms with Crippen LogP contribution in [0.3, 0.4) is 0 Å². The number of benzene rings is 4. The van der Waals surface area contributed by atoms with Gasteiger partial charge in [0.1, 0.15) is 18.1 Å². The van der Waals surface area contributed by atoms with Gasteiger partial charge in [-0.1, -0.05) is 71.2 Å². The summed E-state index contributed by atoms with van der Waals surface area (Å²) in [6.45, 7) is 0.827. The van der Waals surface area contributed by atoms with E-state index < -0.39 is 0 Å². The van der Waals surface area contributed by atoms with Crippen molar-refractivity contribution < 1.29 is 9.47 Å². The third kappa shape index (κ3) is 4.85. The number of nitrogens with one attached hydrogen (secondary N) is 1. The fourth-order valence-corrected chi connectivity index (χ4v) is 4.18. The van der Waals surface area contributed by atoms with E-state index in [1.54, 1.807) is 7.11 Å². The highest BCUT2D eigenvalue weighted by Crippen LogP contribution is 2.33. The Morgan fingerprint density at radius 2 is 1.48 bits per heavy atom. The van der Waals surface area contributed by atoms with Crippen molar-refractivity contribution in [1.29, 1.82) is 0 Å². The van der Waals surface area contributed by atoms with E-state index in [9.17, 15) is 0 Å². The lowest BCUT2D eigenvalue weighted by Gasteiger charge is -2.17. The molecule has 0 aromatic heterocycles. The molecule has 4 aromatic carbocycles. The first-order chi connectivity index (χ1) is 15.1. The van der Waals surface area contributed by atoms with E-state index in [4.69, 9.17) is 44.3 Å². The monoisotopic (exact) mass is 471 g/mol. The summed E-state index contributed by atoms with van der Waals surface area (Å²) in [6.07, 6.45) is 0. The van der Waals surface area contributed by atoms with Crippen LogP contribution in [0.5, 0.6) is 11.5 Å². The van der Waals surface area contributed by atoms with E-state index in [1.807, 2.05) is 60.7 Å². The second-order valence-electron chi connectivity index (χ2n) is 6.96. The maximum absolute atomic E-state index is 6.31. The molecule has 0 atom stereocenters. The van der Waals surface area contributed by atoms with E-state index >= 15 is 0 Å². The summed E-state index contributed by atoms with van der Waals surface area (Å²) in [4.78, 5) is 0. The second kappa shape index (κ2) is 9.69. The van der Waals surface area contributed by atoms with Crippen LogP contribution in [-0.4, -0.2) is 7.11 Å². The number of hydrogen-bond acceptors (Lipinski definition) is 3. The van der Waals surface area contributed by atoms with Crippen molar-refractivity contribution in [2.24, 2.45) is 0 Å². The second-order valence-corrected chi connectivity index (χ2v) is 8.18. The first kappa shape index (κ1) is 21.6. The van der Waals surface area contributed by atoms with Crippen molar-refractivity contribution >= 4 is 51.3 Å². The molecule has 0 fully saturated rings. The van der Waals surface area contributed by atoms with E-state index in [-0.39, 0.29) is 6.61 Å². The van der Waals surface area contributed by atoms with Crippen LogP contribution >= 0.6 is 34.8 Å². The summed E-state index contributed by atoms with van der Waals surface area (Å²) < 4.78 is 11.4. The summed E-state index contributed by atoms with van der Waals surface area (Å²) in [6, 6.07) is 23.3. The molecule has 0 saturated heterocycles. The Kier molecular flexibility index (Phi) is 6.77. The lowest BCUT2D eigenvalue weighted by atomic mass is 10.0. The maximum atomic E-state index is 6.31. The zero-order chi connectivity index (χ0) is 21.8. The van der Waals surface area contributed by atoms with Crippen molar-refractivity contribution in [1.82, 2.24) is 0 Å². The largest absolute Gasteiger partial charge is 0.495 e. The van der Waals surface area contributed by atoms with Crippen LogP contribution in [0.1, 0.15) is 11.1 Å². The number of hydrogen-bond donors (Lipinski definition) is 1. The molecule has 31 heavy (non-hydrogen) atoms. The number of fused-ring (bicyclic) bond motifs is 1. The average Bonchev–Trinajstić information content (AvgIpc) is 2.77. The molecule has 0 heterocycles. The molecular formula is C25H20Cl3NO2. The molecule has 158 valence electrons. The molecule has 0 spiro atoms. The quantitative estimate of drug-likeness (QED) is 0.295. The highest BCUT2D eigenvalue weighted by Gasteiger charge is 2.12. The van der Waals surface area contributed by atoms with Gasteiger partial charge in [0, 0.05) is 33.4 Å². The standard InChI is InChI=1S/C25H20Cl3NO2/c1-30-25-12-10-17(13-23(25)28)29-14-19-18-6-3-2-5-16(18)9-11-24(19)31-15-20-21(26)7-4-8-22(20)27/h2-13,29H,14-15H2,1H3. The highest BCUT2D eigenvalue weighted by molar-refractivity contribution is 6.36. The summed E-state index contributed by atoms with van der Waals surface area (Å²) in [5.74, 6) is 1.40. The molecule has 1 N–H and O–H groups in total. The first-order valence-corrected chi connectivity index (χ1v) is 10.8. The van der Waals surface area contributed by atoms with Gasteiger partial charge in [-0.25, -0.2) is 0 Å². The molecule has 6 heteroatoms. The Bertz CT molecular complexity index is 1210. The highest BCUT2D eigenvalue weighted by atomic mass is 35.5. The predicted octanol–water partition coefficient (Wildman–Crippen LogP) is 8.00. The van der Waals surface area contributed by atoms with Gasteiger partial charge >= 0.3 is 0 Å². The van der Waals surface area contributed by atoms with Crippen LogP contribution in [0, 0.1) is 0 Å². The third-order valence-corrected chi connectivity index (χ3v) is 6.06. The molecule has 0 aliphatic heterocycles. The van der Waals surface area contributed by atoms with Gasteiger partial charge in [-0.2, -0.15) is 0 Å². The Labute approximate surface area is 196 Å². The Hall–Kier alpha value is -2.59. The molecule has 0 unspecified atom stereocenters. The van der Waals surface area contributed by atoms with Gasteiger partial charge in [0.15, 0.2) is 0 Å². The van der Waals surface area contributed by atoms with Crippen LogP contribution in [0.15, 0.2) is 72.8 Å². The van der Waals surface area contributed by atoms with Crippen molar-refractivity contribution in [2.45, 2.75) is 13.2 Å². The first-order valence-electron chi connectivity index (χ1n) is 9.70. The van der Waals surface area contributed by atoms with Crippen molar-refractivity contribution in [3.8, 4) is 11.5 Å². The van der Waals surface area contributed by atoms with Crippen molar-refractivity contribution in [3.63, 3.8) is 0 Å². The van der Waals surface area contributed by atoms with Gasteiger partial charge in [0.2, 0.25) is 0 Å². The molecule has 0 saturated carbocycles. The Morgan fingerprint density at radius 3 is 2.23 bits per heavy atom. The summed E-state index contributed by atoms with van der Waals surface area (Å²) in [5, 5.41) is 7.40. The van der Waals surface area contributed by atoms with Crippen LogP contribution in [0.2, 0.25) is 15.1 Å². The van der Waals surface area contributed by atoms with Gasteiger partial charge in [0.05, 0.1) is 12.1 Å². The molecular weight excluding hydrogens is 453 g/mol. The van der Waals surface area contributed by atoms with Gasteiger partial charge in [-0.3, -0.25) is 0 Å². The molecule has 0 aliphatic carbocycles. The number of anilines is 1. The smallest absolute Gasteiger partial charge is 0.137 e. The number of rotatable bonds is 7. The molecule has 0 aliphatic rings. The lowest BCUT2D eigenvalue weighted by molar-refractivity contribution is 0.304. The minimum Gasteiger partial charge on any atom is -0.495 e. The van der Waals surface area contributed by atoms with E-state index in [0.29, 0.717) is 27.4 Å². The summed E-state index contributed by atoms with van der Waals surface area (Å²) in [5.41, 5.74) is 2.69. The Morgan fingerprint density at radius 1 is 0.742 bits per heavy atom. The third-order valence-electron chi connectivity index (χ3n) is 5.05. The molecule has 0 bridgehead atoms. The number of methoxy groups -OCH3 is 1. The molecule has 4 rings (SSSR count). The molecule has 0 amide bonds. The minimum absolute atomic E-state index is 0.276. The van der Waals surface area contributed by atoms with E-state index in [2.05, 4.69) is 17.4 Å². The van der Waals surface area contributed by atoms with Crippen LogP contribution in [0.25, 0.3) is 10.8 Å². The minimum atomic E-state index is 0.276. The van der Waals surface area contributed by atoms with Crippen molar-refractivity contribution in [3.05, 3.63) is 99.0 Å². The van der Waals surface area contributed by atoms with E-state index in [1.165, 1.54) is 0 Å². The SMILES string of the molecule is COc1ccc(NCc2c(OCc3c(Cl)cccc3Cl)ccc3ccccc23)cc1Cl. The van der Waals surface area contributed by atoms with Gasteiger partial charge < -0.3 is 14.8 Å². The number of halogens is 3. The molecule has 4 aromatic rings. The molecule has 3 nitrogen and oxygen atoms in total. The average molecular weight is 473 g/mol. The lowest BCUT2D eigenvalue weighted by Crippen LogP contribution is -2.05. The van der Waals surface area contributed by atoms with Gasteiger partial charge in [-0.05, 0) is 47.2 Å². The molecule has 0 radical (unpaired) electrons. The van der Waals surface area contributed by atoms with Crippen LogP contribution in [-0.2, 0) is 13.2 Å². The van der Waals surface area contributed by atoms with E-state index in [0.717, 1.165) is 33.3 Å². The maximum Gasteiger partial charge on any atom is 0.137 e. The fraction of sp³-hybridized carbons (Fsp3) is 0.120. The van der Waals surface area contributed by atoms with Gasteiger partial charge in [0.25, 0.3) is 0 Å². The normalized spacial score (nSPS) is 10.8. The topological polar surface area (TPSA) is 30.5 Å². The summed E-state index contributed by atoms with van der Waals surface area (Å²) >= 11 is 18.9. The zero-order valence-corrected chi connectivity index (χ0v) is 19.1. The van der Waals surface area contributed by atoms with Crippen molar-refractivity contribution in [2.75, 3.05) is 12.4 Å². The Balaban J connectivity index is 1.63. The number of ether oxygens (including phenoxy) is 2.